The zero-order valence-electron chi connectivity index (χ0n) is 46.8. The molecule has 0 spiro atoms. The highest BCUT2D eigenvalue weighted by atomic mass is 16.6. The van der Waals surface area contributed by atoms with Gasteiger partial charge in [0.15, 0.2) is 6.10 Å². The molecule has 1 unspecified atom stereocenters. The van der Waals surface area contributed by atoms with Crippen LogP contribution in [0.4, 0.5) is 0 Å². The van der Waals surface area contributed by atoms with Gasteiger partial charge in [0.2, 0.25) is 0 Å². The Bertz CT molecular complexity index is 1200. The Kier molecular flexibility index (Phi) is 58.8. The summed E-state index contributed by atoms with van der Waals surface area (Å²) in [6.45, 7) is 4.15. The molecular formula is C65H118O5. The van der Waals surface area contributed by atoms with E-state index in [-0.39, 0.29) is 25.2 Å². The summed E-state index contributed by atoms with van der Waals surface area (Å²) < 4.78 is 10.7. The van der Waals surface area contributed by atoms with Gasteiger partial charge in [-0.3, -0.25) is 9.59 Å². The van der Waals surface area contributed by atoms with Crippen molar-refractivity contribution in [3.8, 4) is 0 Å². The number of rotatable bonds is 57. The maximum Gasteiger partial charge on any atom is 0.306 e. The van der Waals surface area contributed by atoms with E-state index in [1.807, 2.05) is 0 Å². The molecule has 0 rings (SSSR count). The maximum absolute atomic E-state index is 12.3. The smallest absolute Gasteiger partial charge is 0.306 e. The van der Waals surface area contributed by atoms with E-state index in [1.165, 1.54) is 238 Å². The van der Waals surface area contributed by atoms with Crippen molar-refractivity contribution in [2.75, 3.05) is 13.2 Å². The number of carbonyl (C=O) groups excluding carboxylic acids is 2. The number of aliphatic hydroxyl groups is 1. The predicted molar refractivity (Wildman–Crippen MR) is 307 cm³/mol. The van der Waals surface area contributed by atoms with Crippen molar-refractivity contribution in [1.29, 1.82) is 0 Å². The van der Waals surface area contributed by atoms with Crippen molar-refractivity contribution in [3.05, 3.63) is 60.8 Å². The number of unbranched alkanes of at least 4 members (excludes halogenated alkanes) is 39. The van der Waals surface area contributed by atoms with Crippen LogP contribution in [-0.4, -0.2) is 36.4 Å². The van der Waals surface area contributed by atoms with E-state index in [9.17, 15) is 14.7 Å². The summed E-state index contributed by atoms with van der Waals surface area (Å²) in [5, 5.41) is 9.67. The molecule has 0 aromatic heterocycles. The Hall–Kier alpha value is -2.40. The van der Waals surface area contributed by atoms with Crippen LogP contribution < -0.4 is 0 Å². The lowest BCUT2D eigenvalue weighted by molar-refractivity contribution is -0.161. The lowest BCUT2D eigenvalue weighted by Gasteiger charge is -2.15. The number of allylic oxidation sites excluding steroid dienone is 10. The first-order valence-corrected chi connectivity index (χ1v) is 30.8. The van der Waals surface area contributed by atoms with E-state index in [0.717, 1.165) is 57.8 Å². The zero-order valence-corrected chi connectivity index (χ0v) is 46.8. The lowest BCUT2D eigenvalue weighted by atomic mass is 10.0. The molecule has 0 bridgehead atoms. The Labute approximate surface area is 436 Å². The summed E-state index contributed by atoms with van der Waals surface area (Å²) >= 11 is 0. The molecule has 5 nitrogen and oxygen atoms in total. The summed E-state index contributed by atoms with van der Waals surface area (Å²) in [5.74, 6) is -0.579. The second-order valence-electron chi connectivity index (χ2n) is 20.8. The highest BCUT2D eigenvalue weighted by Crippen LogP contribution is 2.17. The number of ether oxygens (including phenoxy) is 2. The molecule has 0 heterocycles. The zero-order chi connectivity index (χ0) is 50.6. The van der Waals surface area contributed by atoms with Crippen molar-refractivity contribution >= 4 is 11.9 Å². The van der Waals surface area contributed by atoms with Gasteiger partial charge < -0.3 is 14.6 Å². The van der Waals surface area contributed by atoms with Crippen LogP contribution in [0.3, 0.4) is 0 Å². The molecule has 0 fully saturated rings. The Morgan fingerprint density at radius 3 is 0.857 bits per heavy atom. The van der Waals surface area contributed by atoms with Crippen molar-refractivity contribution < 1.29 is 24.2 Å². The van der Waals surface area contributed by atoms with E-state index in [0.29, 0.717) is 12.8 Å². The number of aliphatic hydroxyl groups excluding tert-OH is 1. The maximum atomic E-state index is 12.3. The van der Waals surface area contributed by atoms with Crippen molar-refractivity contribution in [2.45, 2.75) is 328 Å². The Morgan fingerprint density at radius 1 is 0.329 bits per heavy atom. The molecule has 0 saturated heterocycles. The minimum Gasteiger partial charge on any atom is -0.462 e. The van der Waals surface area contributed by atoms with Crippen molar-refractivity contribution in [2.24, 2.45) is 0 Å². The number of hydrogen-bond acceptors (Lipinski definition) is 5. The quantitative estimate of drug-likeness (QED) is 0.0373. The van der Waals surface area contributed by atoms with Crippen LogP contribution in [0, 0.1) is 0 Å². The van der Waals surface area contributed by atoms with Gasteiger partial charge in [-0.05, 0) is 83.5 Å². The van der Waals surface area contributed by atoms with Gasteiger partial charge in [-0.1, -0.05) is 286 Å². The largest absolute Gasteiger partial charge is 0.462 e. The summed E-state index contributed by atoms with van der Waals surface area (Å²) in [6, 6.07) is 0. The fourth-order valence-electron chi connectivity index (χ4n) is 9.13. The average molecular weight is 980 g/mol. The third-order valence-corrected chi connectivity index (χ3v) is 13.8. The second-order valence-corrected chi connectivity index (χ2v) is 20.8. The van der Waals surface area contributed by atoms with Crippen LogP contribution >= 0.6 is 0 Å². The molecule has 0 radical (unpaired) electrons. The van der Waals surface area contributed by atoms with Crippen LogP contribution in [0.15, 0.2) is 60.8 Å². The van der Waals surface area contributed by atoms with Gasteiger partial charge in [0.25, 0.3) is 0 Å². The number of esters is 2. The molecule has 0 aliphatic heterocycles. The molecule has 0 amide bonds. The monoisotopic (exact) mass is 979 g/mol. The fourth-order valence-corrected chi connectivity index (χ4v) is 9.13. The van der Waals surface area contributed by atoms with Crippen LogP contribution in [0.2, 0.25) is 0 Å². The Balaban J connectivity index is 3.44. The van der Waals surface area contributed by atoms with E-state index in [4.69, 9.17) is 9.47 Å². The summed E-state index contributed by atoms with van der Waals surface area (Å²) in [6.07, 6.45) is 82.1. The third kappa shape index (κ3) is 58.2. The summed E-state index contributed by atoms with van der Waals surface area (Å²) in [5.41, 5.74) is 0. The minimum atomic E-state index is -0.774. The molecular weight excluding hydrogens is 861 g/mol. The van der Waals surface area contributed by atoms with Crippen LogP contribution in [0.1, 0.15) is 322 Å². The number of carbonyl (C=O) groups is 2. The fraction of sp³-hybridized carbons (Fsp3) is 0.815. The highest BCUT2D eigenvalue weighted by molar-refractivity contribution is 5.70. The molecule has 1 atom stereocenters. The molecule has 408 valence electrons. The van der Waals surface area contributed by atoms with Gasteiger partial charge in [0.05, 0.1) is 6.61 Å². The third-order valence-electron chi connectivity index (χ3n) is 13.8. The van der Waals surface area contributed by atoms with Gasteiger partial charge >= 0.3 is 11.9 Å². The van der Waals surface area contributed by atoms with Gasteiger partial charge in [0, 0.05) is 12.8 Å². The first kappa shape index (κ1) is 67.6. The van der Waals surface area contributed by atoms with Crippen molar-refractivity contribution in [3.63, 3.8) is 0 Å². The van der Waals surface area contributed by atoms with E-state index < -0.39 is 6.10 Å². The van der Waals surface area contributed by atoms with Gasteiger partial charge in [-0.15, -0.1) is 0 Å². The molecule has 0 aromatic carbocycles. The van der Waals surface area contributed by atoms with Crippen LogP contribution in [0.25, 0.3) is 0 Å². The van der Waals surface area contributed by atoms with E-state index in [2.05, 4.69) is 74.6 Å². The van der Waals surface area contributed by atoms with E-state index in [1.54, 1.807) is 0 Å². The molecule has 5 heteroatoms. The highest BCUT2D eigenvalue weighted by Gasteiger charge is 2.16. The van der Waals surface area contributed by atoms with Crippen LogP contribution in [0.5, 0.6) is 0 Å². The molecule has 0 saturated carbocycles. The van der Waals surface area contributed by atoms with Crippen molar-refractivity contribution in [1.82, 2.24) is 0 Å². The average Bonchev–Trinajstić information content (AvgIpc) is 3.36. The molecule has 1 N–H and O–H groups in total. The molecule has 70 heavy (non-hydrogen) atoms. The molecule has 0 aromatic rings. The van der Waals surface area contributed by atoms with Gasteiger partial charge in [0.1, 0.15) is 6.61 Å². The normalized spacial score (nSPS) is 12.6. The van der Waals surface area contributed by atoms with Gasteiger partial charge in [-0.2, -0.15) is 0 Å². The molecule has 0 aliphatic rings. The Morgan fingerprint density at radius 2 is 0.571 bits per heavy atom. The first-order chi connectivity index (χ1) is 34.6. The van der Waals surface area contributed by atoms with E-state index >= 15 is 0 Å². The topological polar surface area (TPSA) is 72.8 Å². The summed E-state index contributed by atoms with van der Waals surface area (Å²) in [7, 11) is 0. The van der Waals surface area contributed by atoms with Crippen LogP contribution in [-0.2, 0) is 19.1 Å². The standard InChI is InChI=1S/C65H118O5/c1-3-5-7-9-11-13-15-17-19-21-23-25-27-28-29-30-31-32-33-34-35-36-38-40-42-44-46-48-50-52-54-56-58-60-65(68)70-63(61-66)62-69-64(67)59-57-55-53-51-49-47-45-43-41-39-37-26-24-22-20-18-16-14-12-10-8-6-4-2/h15-18,21-24,27-28,63,66H,3-14,19-20,25-26,29-62H2,1-2H3/b17-15-,18-16-,23-21-,24-22-,28-27-. The minimum absolute atomic E-state index is 0.0649. The second kappa shape index (κ2) is 60.9. The lowest BCUT2D eigenvalue weighted by Crippen LogP contribution is -2.28. The SMILES string of the molecule is CCCCCCC/C=C\C/C=C\C/C=C\CCCCCCCCCCCCCCCCCCCCC(=O)OC(CO)COC(=O)CCCCCCCCCCCCC/C=C\C/C=C\CCCCCCC. The first-order valence-electron chi connectivity index (χ1n) is 30.8. The van der Waals surface area contributed by atoms with Gasteiger partial charge in [-0.25, -0.2) is 0 Å². The predicted octanol–water partition coefficient (Wildman–Crippen LogP) is 21.0. The number of hydrogen-bond donors (Lipinski definition) is 1. The molecule has 0 aliphatic carbocycles. The summed E-state index contributed by atoms with van der Waals surface area (Å²) in [4.78, 5) is 24.6.